The smallest absolute Gasteiger partial charge is 0.243 e. The molecule has 0 radical (unpaired) electrons. The van der Waals surface area contributed by atoms with Gasteiger partial charge in [0.2, 0.25) is 11.9 Å². The van der Waals surface area contributed by atoms with Gasteiger partial charge in [0.05, 0.1) is 55.3 Å². The van der Waals surface area contributed by atoms with Gasteiger partial charge >= 0.3 is 0 Å². The second-order valence-corrected chi connectivity index (χ2v) is 9.97. The minimum atomic E-state index is -0.276. The van der Waals surface area contributed by atoms with Crippen molar-refractivity contribution in [3.8, 4) is 22.8 Å². The lowest BCUT2D eigenvalue weighted by Gasteiger charge is -2.20. The average molecular weight is 595 g/mol. The second-order valence-electron chi connectivity index (χ2n) is 9.22. The van der Waals surface area contributed by atoms with Crippen LogP contribution in [-0.2, 0) is 16.1 Å². The molecule has 2 aromatic heterocycles. The second kappa shape index (κ2) is 12.6. The maximum absolute atomic E-state index is 11.9. The fraction of sp³-hybridized carbons (Fsp3) is 0.241. The molecule has 0 bridgehead atoms. The first-order valence-electron chi connectivity index (χ1n) is 12.7. The Kier molecular flexibility index (Phi) is 8.72. The van der Waals surface area contributed by atoms with Crippen molar-refractivity contribution in [3.05, 3.63) is 76.9 Å². The predicted octanol–water partition coefficient (Wildman–Crippen LogP) is 5.11. The van der Waals surface area contributed by atoms with Crippen molar-refractivity contribution in [2.24, 2.45) is 0 Å². The molecular formula is C29H28Cl2N6O4. The Balaban J connectivity index is 1.57. The highest BCUT2D eigenvalue weighted by molar-refractivity contribution is 6.41. The molecule has 3 heterocycles. The molecule has 2 aromatic carbocycles. The Labute approximate surface area is 247 Å². The third-order valence-electron chi connectivity index (χ3n) is 6.61. The molecule has 1 aliphatic rings. The number of carbonyl (C=O) groups is 1. The summed E-state index contributed by atoms with van der Waals surface area (Å²) in [5.74, 6) is 1.39. The first-order valence-corrected chi connectivity index (χ1v) is 13.5. The number of nitrogens with zero attached hydrogens (tertiary/aromatic N) is 3. The summed E-state index contributed by atoms with van der Waals surface area (Å²) in [4.78, 5) is 26.1. The van der Waals surface area contributed by atoms with Crippen molar-refractivity contribution in [3.63, 3.8) is 0 Å². The summed E-state index contributed by atoms with van der Waals surface area (Å²) in [6, 6.07) is 12.9. The lowest BCUT2D eigenvalue weighted by Crippen LogP contribution is -2.45. The zero-order valence-electron chi connectivity index (χ0n) is 22.4. The van der Waals surface area contributed by atoms with Gasteiger partial charge in [-0.25, -0.2) is 15.0 Å². The molecule has 10 nitrogen and oxygen atoms in total. The number of amides is 1. The number of anilines is 2. The van der Waals surface area contributed by atoms with Crippen LogP contribution >= 0.6 is 23.2 Å². The number of methoxy groups -OCH3 is 2. The molecule has 12 heteroatoms. The molecule has 212 valence electrons. The molecule has 0 spiro atoms. The van der Waals surface area contributed by atoms with Gasteiger partial charge < -0.3 is 30.2 Å². The van der Waals surface area contributed by atoms with Gasteiger partial charge in [-0.2, -0.15) is 0 Å². The number of pyridine rings is 1. The topological polar surface area (TPSA) is 120 Å². The summed E-state index contributed by atoms with van der Waals surface area (Å²) in [6.45, 7) is 4.76. The quantitative estimate of drug-likeness (QED) is 0.215. The molecule has 2 atom stereocenters. The zero-order chi connectivity index (χ0) is 28.9. The van der Waals surface area contributed by atoms with Crippen LogP contribution in [0.4, 0.5) is 11.8 Å². The highest BCUT2D eigenvalue weighted by atomic mass is 35.5. The summed E-state index contributed by atoms with van der Waals surface area (Å²) >= 11 is 13.4. The zero-order valence-corrected chi connectivity index (χ0v) is 23.9. The Morgan fingerprint density at radius 1 is 1.07 bits per heavy atom. The van der Waals surface area contributed by atoms with Crippen molar-refractivity contribution in [1.29, 1.82) is 0 Å². The van der Waals surface area contributed by atoms with E-state index in [2.05, 4.69) is 27.5 Å². The number of carbonyl (C=O) groups excluding carboxylic acids is 1. The molecule has 1 saturated heterocycles. The van der Waals surface area contributed by atoms with Gasteiger partial charge in [-0.3, -0.25) is 4.79 Å². The van der Waals surface area contributed by atoms with Crippen molar-refractivity contribution in [2.75, 3.05) is 38.1 Å². The van der Waals surface area contributed by atoms with E-state index in [0.717, 1.165) is 5.56 Å². The molecule has 0 unspecified atom stereocenters. The largest absolute Gasteiger partial charge is 0.495 e. The molecule has 0 aliphatic carbocycles. The average Bonchev–Trinajstić information content (AvgIpc) is 3.42. The number of rotatable bonds is 10. The highest BCUT2D eigenvalue weighted by Gasteiger charge is 2.30. The number of fused-ring (bicyclic) bond motifs is 1. The van der Waals surface area contributed by atoms with E-state index in [-0.39, 0.29) is 18.0 Å². The summed E-state index contributed by atoms with van der Waals surface area (Å²) in [7, 11) is 3.04. The highest BCUT2D eigenvalue weighted by Crippen LogP contribution is 2.46. The molecule has 4 aromatic rings. The van der Waals surface area contributed by atoms with Gasteiger partial charge in [0.15, 0.2) is 5.82 Å². The van der Waals surface area contributed by atoms with Gasteiger partial charge in [0, 0.05) is 29.8 Å². The standard InChI is InChI=1S/C29H28Cl2N6O4/c1-4-23(38)34-19-14-41-15-20(19)36-29-33-13-17-10-18(24-25(30)21(39-2)11-22(40-3)26(24)31)35-28(27(17)37-29)32-12-16-8-6-5-7-9-16/h4-11,13,19-20H,1,12,14-15H2,2-3H3,(H,32,35)(H,34,38)(H,33,36,37)/t19-,20+/m0/s1. The summed E-state index contributed by atoms with van der Waals surface area (Å²) in [5, 5.41) is 10.8. The molecule has 1 aliphatic heterocycles. The molecule has 41 heavy (non-hydrogen) atoms. The lowest BCUT2D eigenvalue weighted by molar-refractivity contribution is -0.117. The van der Waals surface area contributed by atoms with Crippen molar-refractivity contribution < 1.29 is 19.0 Å². The van der Waals surface area contributed by atoms with Gasteiger partial charge in [-0.15, -0.1) is 0 Å². The third kappa shape index (κ3) is 6.14. The summed E-state index contributed by atoms with van der Waals surface area (Å²) in [5.41, 5.74) is 2.58. The number of hydrogen-bond donors (Lipinski definition) is 3. The molecule has 1 fully saturated rings. The maximum atomic E-state index is 11.9. The van der Waals surface area contributed by atoms with Crippen LogP contribution in [0.2, 0.25) is 10.0 Å². The molecule has 0 saturated carbocycles. The minimum Gasteiger partial charge on any atom is -0.495 e. The third-order valence-corrected chi connectivity index (χ3v) is 7.36. The normalized spacial score (nSPS) is 16.3. The van der Waals surface area contributed by atoms with Gasteiger partial charge in [-0.05, 0) is 17.7 Å². The van der Waals surface area contributed by atoms with Crippen molar-refractivity contribution in [2.45, 2.75) is 18.6 Å². The van der Waals surface area contributed by atoms with Gasteiger partial charge in [0.1, 0.15) is 17.0 Å². The Morgan fingerprint density at radius 2 is 1.78 bits per heavy atom. The Morgan fingerprint density at radius 3 is 2.46 bits per heavy atom. The van der Waals surface area contributed by atoms with E-state index in [9.17, 15) is 4.79 Å². The van der Waals surface area contributed by atoms with Crippen LogP contribution in [0.1, 0.15) is 5.56 Å². The summed E-state index contributed by atoms with van der Waals surface area (Å²) in [6.07, 6.45) is 2.92. The van der Waals surface area contributed by atoms with Crippen LogP contribution in [-0.4, -0.2) is 60.4 Å². The van der Waals surface area contributed by atoms with E-state index in [1.807, 2.05) is 36.4 Å². The molecule has 3 N–H and O–H groups in total. The van der Waals surface area contributed by atoms with E-state index in [1.54, 1.807) is 12.3 Å². The van der Waals surface area contributed by atoms with Crippen LogP contribution in [0.3, 0.4) is 0 Å². The Bertz CT molecular complexity index is 1560. The minimum absolute atomic E-state index is 0.230. The molecular weight excluding hydrogens is 567 g/mol. The van der Waals surface area contributed by atoms with E-state index in [4.69, 9.17) is 47.4 Å². The van der Waals surface area contributed by atoms with Gasteiger partial charge in [0.25, 0.3) is 0 Å². The monoisotopic (exact) mass is 594 g/mol. The summed E-state index contributed by atoms with van der Waals surface area (Å²) < 4.78 is 16.5. The van der Waals surface area contributed by atoms with Crippen molar-refractivity contribution >= 4 is 51.8 Å². The Hall–Kier alpha value is -4.12. The number of benzene rings is 2. The first kappa shape index (κ1) is 28.4. The number of aromatic nitrogens is 3. The van der Waals surface area contributed by atoms with E-state index in [0.29, 0.717) is 75.2 Å². The fourth-order valence-corrected chi connectivity index (χ4v) is 5.19. The van der Waals surface area contributed by atoms with Crippen LogP contribution in [0, 0.1) is 0 Å². The number of nitrogens with one attached hydrogen (secondary N) is 3. The number of hydrogen-bond acceptors (Lipinski definition) is 9. The van der Waals surface area contributed by atoms with Crippen LogP contribution < -0.4 is 25.4 Å². The van der Waals surface area contributed by atoms with E-state index in [1.165, 1.54) is 20.3 Å². The number of ether oxygens (including phenoxy) is 3. The first-order chi connectivity index (χ1) is 19.9. The lowest BCUT2D eigenvalue weighted by atomic mass is 10.1. The van der Waals surface area contributed by atoms with E-state index >= 15 is 0 Å². The fourth-order valence-electron chi connectivity index (χ4n) is 4.50. The number of halogens is 2. The molecule has 1 amide bonds. The SMILES string of the molecule is C=CC(=O)N[C@H]1COC[C@H]1Nc1ncc2cc(-c3c(Cl)c(OC)cc(OC)c3Cl)nc(NCc3ccccc3)c2n1. The van der Waals surface area contributed by atoms with E-state index < -0.39 is 0 Å². The van der Waals surface area contributed by atoms with Crippen LogP contribution in [0.5, 0.6) is 11.5 Å². The predicted molar refractivity (Wildman–Crippen MR) is 160 cm³/mol. The molecule has 5 rings (SSSR count). The van der Waals surface area contributed by atoms with Crippen LogP contribution in [0.25, 0.3) is 22.2 Å². The van der Waals surface area contributed by atoms with Gasteiger partial charge in [-0.1, -0.05) is 60.1 Å². The van der Waals surface area contributed by atoms with Crippen molar-refractivity contribution in [1.82, 2.24) is 20.3 Å². The van der Waals surface area contributed by atoms with Crippen LogP contribution in [0.15, 0.2) is 61.3 Å². The maximum Gasteiger partial charge on any atom is 0.243 e.